The molecule has 1 heterocycles. The third kappa shape index (κ3) is 4.16. The van der Waals surface area contributed by atoms with Gasteiger partial charge in [0.1, 0.15) is 11.1 Å². The molecule has 3 aromatic carbocycles. The largest absolute Gasteiger partial charge is 0.273 e. The normalized spacial score (nSPS) is 12.6. The molecule has 1 amide bonds. The van der Waals surface area contributed by atoms with Crippen LogP contribution in [0.4, 0.5) is 15.2 Å². The Balaban J connectivity index is 1.79. The number of para-hydroxylation sites is 1. The van der Waals surface area contributed by atoms with Crippen molar-refractivity contribution in [3.05, 3.63) is 84.2 Å². The minimum absolute atomic E-state index is 0.106. The third-order valence-electron chi connectivity index (χ3n) is 5.25. The molecular weight excluding hydrogens is 447 g/mol. The summed E-state index contributed by atoms with van der Waals surface area (Å²) in [6.45, 7) is 3.38. The summed E-state index contributed by atoms with van der Waals surface area (Å²) in [5.41, 5.74) is 2.36. The number of hydrogen-bond donors (Lipinski definition) is 0. The molecule has 1 aromatic heterocycles. The van der Waals surface area contributed by atoms with Gasteiger partial charge in [0.2, 0.25) is 0 Å². The Kier molecular flexibility index (Phi) is 6.08. The van der Waals surface area contributed by atoms with Gasteiger partial charge in [-0.3, -0.25) is 9.69 Å². The fourth-order valence-corrected chi connectivity index (χ4v) is 5.60. The van der Waals surface area contributed by atoms with E-state index in [2.05, 4.69) is 4.98 Å². The van der Waals surface area contributed by atoms with E-state index in [4.69, 9.17) is 0 Å². The number of amides is 1. The van der Waals surface area contributed by atoms with Gasteiger partial charge in [0, 0.05) is 0 Å². The molecule has 8 heteroatoms. The van der Waals surface area contributed by atoms with Crippen molar-refractivity contribution in [3.63, 3.8) is 0 Å². The lowest BCUT2D eigenvalue weighted by Crippen LogP contribution is -2.39. The number of aryl methyl sites for hydroxylation is 1. The van der Waals surface area contributed by atoms with Crippen LogP contribution in [0.25, 0.3) is 10.2 Å². The van der Waals surface area contributed by atoms with E-state index < -0.39 is 26.8 Å². The molecule has 1 atom stereocenters. The highest BCUT2D eigenvalue weighted by molar-refractivity contribution is 7.92. The lowest BCUT2D eigenvalue weighted by atomic mass is 10.1. The van der Waals surface area contributed by atoms with Crippen molar-refractivity contribution >= 4 is 48.1 Å². The number of anilines is 2. The van der Waals surface area contributed by atoms with Gasteiger partial charge in [-0.05, 0) is 67.4 Å². The SMILES string of the molecule is CCc1ccc(N(C(=O)C(C)S(=O)(=O)c2ccc(F)cc2)c2nc3ccccc3s2)cc1. The molecule has 4 aromatic rings. The summed E-state index contributed by atoms with van der Waals surface area (Å²) in [7, 11) is -4.04. The molecule has 0 saturated carbocycles. The number of nitrogens with zero attached hydrogens (tertiary/aromatic N) is 2. The molecule has 32 heavy (non-hydrogen) atoms. The quantitative estimate of drug-likeness (QED) is 0.349. The first-order chi connectivity index (χ1) is 15.3. The summed E-state index contributed by atoms with van der Waals surface area (Å²) in [6.07, 6.45) is 0.838. The first-order valence-electron chi connectivity index (χ1n) is 10.1. The molecule has 0 radical (unpaired) electrons. The van der Waals surface area contributed by atoms with E-state index in [1.165, 1.54) is 35.3 Å². The number of benzene rings is 3. The van der Waals surface area contributed by atoms with Crippen molar-refractivity contribution in [2.45, 2.75) is 30.4 Å². The molecule has 0 aliphatic heterocycles. The van der Waals surface area contributed by atoms with Crippen LogP contribution in [0.2, 0.25) is 0 Å². The maximum atomic E-state index is 13.6. The summed E-state index contributed by atoms with van der Waals surface area (Å²) in [5.74, 6) is -1.17. The van der Waals surface area contributed by atoms with Crippen LogP contribution in [0.1, 0.15) is 19.4 Å². The average molecular weight is 469 g/mol. The van der Waals surface area contributed by atoms with Gasteiger partial charge < -0.3 is 0 Å². The fraction of sp³-hybridized carbons (Fsp3) is 0.167. The zero-order valence-corrected chi connectivity index (χ0v) is 19.2. The second-order valence-electron chi connectivity index (χ2n) is 7.30. The van der Waals surface area contributed by atoms with E-state index in [1.807, 2.05) is 43.3 Å². The number of carbonyl (C=O) groups is 1. The zero-order valence-electron chi connectivity index (χ0n) is 17.5. The fourth-order valence-electron chi connectivity index (χ4n) is 3.31. The summed E-state index contributed by atoms with van der Waals surface area (Å²) in [4.78, 5) is 19.4. The van der Waals surface area contributed by atoms with Crippen LogP contribution < -0.4 is 4.90 Å². The molecule has 0 saturated heterocycles. The Labute approximate surface area is 190 Å². The van der Waals surface area contributed by atoms with Gasteiger partial charge in [-0.1, -0.05) is 42.5 Å². The van der Waals surface area contributed by atoms with E-state index in [0.717, 1.165) is 34.3 Å². The maximum absolute atomic E-state index is 13.6. The smallest absolute Gasteiger partial charge is 0.251 e. The van der Waals surface area contributed by atoms with Gasteiger partial charge in [0.15, 0.2) is 15.0 Å². The average Bonchev–Trinajstić information content (AvgIpc) is 3.23. The Hall–Kier alpha value is -3.10. The number of thiazole rings is 1. The van der Waals surface area contributed by atoms with Crippen molar-refractivity contribution in [3.8, 4) is 0 Å². The summed E-state index contributed by atoms with van der Waals surface area (Å²) in [6, 6.07) is 19.4. The highest BCUT2D eigenvalue weighted by Gasteiger charge is 2.35. The number of fused-ring (bicyclic) bond motifs is 1. The van der Waals surface area contributed by atoms with Crippen LogP contribution in [-0.2, 0) is 21.1 Å². The van der Waals surface area contributed by atoms with Gasteiger partial charge >= 0.3 is 0 Å². The predicted octanol–water partition coefficient (Wildman–Crippen LogP) is 5.52. The summed E-state index contributed by atoms with van der Waals surface area (Å²) in [5, 5.41) is -1.01. The van der Waals surface area contributed by atoms with Crippen LogP contribution in [0.3, 0.4) is 0 Å². The number of halogens is 1. The number of aromatic nitrogens is 1. The van der Waals surface area contributed by atoms with E-state index in [0.29, 0.717) is 10.8 Å². The Morgan fingerprint density at radius 3 is 2.31 bits per heavy atom. The van der Waals surface area contributed by atoms with Crippen molar-refractivity contribution in [1.29, 1.82) is 0 Å². The number of sulfone groups is 1. The molecule has 164 valence electrons. The van der Waals surface area contributed by atoms with Crippen LogP contribution in [0.5, 0.6) is 0 Å². The van der Waals surface area contributed by atoms with Crippen LogP contribution in [-0.4, -0.2) is 24.6 Å². The van der Waals surface area contributed by atoms with Crippen molar-refractivity contribution < 1.29 is 17.6 Å². The number of carbonyl (C=O) groups excluding carboxylic acids is 1. The minimum Gasteiger partial charge on any atom is -0.273 e. The topological polar surface area (TPSA) is 67.3 Å². The van der Waals surface area contributed by atoms with Gasteiger partial charge in [-0.15, -0.1) is 0 Å². The van der Waals surface area contributed by atoms with Crippen molar-refractivity contribution in [1.82, 2.24) is 4.98 Å². The number of hydrogen-bond acceptors (Lipinski definition) is 5. The lowest BCUT2D eigenvalue weighted by Gasteiger charge is -2.24. The Bertz CT molecular complexity index is 1330. The molecule has 0 spiro atoms. The van der Waals surface area contributed by atoms with E-state index in [1.54, 1.807) is 12.1 Å². The van der Waals surface area contributed by atoms with Gasteiger partial charge in [-0.25, -0.2) is 17.8 Å². The second-order valence-corrected chi connectivity index (χ2v) is 10.6. The van der Waals surface area contributed by atoms with E-state index in [9.17, 15) is 17.6 Å². The standard InChI is InChI=1S/C24H21FN2O3S2/c1-3-17-8-12-19(13-9-17)27(24-26-21-6-4-5-7-22(21)31-24)23(28)16(2)32(29,30)20-14-10-18(25)11-15-20/h4-16H,3H2,1-2H3. The second kappa shape index (κ2) is 8.80. The Morgan fingerprint density at radius 2 is 1.69 bits per heavy atom. The van der Waals surface area contributed by atoms with E-state index in [-0.39, 0.29) is 4.90 Å². The first kappa shape index (κ1) is 22.1. The summed E-state index contributed by atoms with van der Waals surface area (Å²) >= 11 is 1.31. The van der Waals surface area contributed by atoms with Crippen LogP contribution >= 0.6 is 11.3 Å². The monoisotopic (exact) mass is 468 g/mol. The molecular formula is C24H21FN2O3S2. The molecule has 5 nitrogen and oxygen atoms in total. The Morgan fingerprint density at radius 1 is 1.03 bits per heavy atom. The van der Waals surface area contributed by atoms with Crippen molar-refractivity contribution in [2.75, 3.05) is 4.90 Å². The lowest BCUT2D eigenvalue weighted by molar-refractivity contribution is -0.117. The molecule has 0 bridgehead atoms. The van der Waals surface area contributed by atoms with Gasteiger partial charge in [0.05, 0.1) is 20.8 Å². The van der Waals surface area contributed by atoms with Crippen LogP contribution in [0.15, 0.2) is 77.7 Å². The van der Waals surface area contributed by atoms with E-state index >= 15 is 0 Å². The highest BCUT2D eigenvalue weighted by atomic mass is 32.2. The number of rotatable bonds is 6. The third-order valence-corrected chi connectivity index (χ3v) is 8.34. The van der Waals surface area contributed by atoms with Gasteiger partial charge in [0.25, 0.3) is 5.91 Å². The predicted molar refractivity (Wildman–Crippen MR) is 126 cm³/mol. The molecule has 0 aliphatic rings. The zero-order chi connectivity index (χ0) is 22.9. The molecule has 0 N–H and O–H groups in total. The molecule has 1 unspecified atom stereocenters. The molecule has 4 rings (SSSR count). The first-order valence-corrected chi connectivity index (χ1v) is 12.5. The molecule has 0 fully saturated rings. The van der Waals surface area contributed by atoms with Crippen molar-refractivity contribution in [2.24, 2.45) is 0 Å². The molecule has 0 aliphatic carbocycles. The summed E-state index contributed by atoms with van der Waals surface area (Å²) < 4.78 is 40.5. The minimum atomic E-state index is -4.04. The van der Waals surface area contributed by atoms with Crippen LogP contribution in [0, 0.1) is 5.82 Å². The van der Waals surface area contributed by atoms with Gasteiger partial charge in [-0.2, -0.15) is 0 Å². The highest BCUT2D eigenvalue weighted by Crippen LogP contribution is 2.35. The maximum Gasteiger partial charge on any atom is 0.251 e.